The van der Waals surface area contributed by atoms with Crippen LogP contribution in [-0.2, 0) is 28.4 Å². The Kier molecular flexibility index (Phi) is 40.5. The summed E-state index contributed by atoms with van der Waals surface area (Å²) in [6, 6.07) is 0. The van der Waals surface area contributed by atoms with E-state index in [-0.39, 0.29) is 0 Å². The first kappa shape index (κ1) is 41.8. The SMILES string of the molecule is CCCCCCCCCCCCCCCCCCOCCOCCOCCOCCOCCOCCCCCCCC. The molecule has 6 nitrogen and oxygen atoms in total. The minimum Gasteiger partial charge on any atom is -0.379 e. The fourth-order valence-corrected chi connectivity index (χ4v) is 4.94. The second-order valence-electron chi connectivity index (χ2n) is 11.7. The molecule has 6 heteroatoms. The van der Waals surface area contributed by atoms with Gasteiger partial charge in [0.25, 0.3) is 0 Å². The zero-order valence-electron chi connectivity index (χ0n) is 28.5. The molecule has 0 saturated carbocycles. The maximum atomic E-state index is 5.69. The van der Waals surface area contributed by atoms with Crippen molar-refractivity contribution < 1.29 is 28.4 Å². The van der Waals surface area contributed by atoms with E-state index in [1.165, 1.54) is 135 Å². The van der Waals surface area contributed by atoms with Crippen LogP contribution in [0.2, 0.25) is 0 Å². The van der Waals surface area contributed by atoms with E-state index < -0.39 is 0 Å². The van der Waals surface area contributed by atoms with Gasteiger partial charge in [0, 0.05) is 13.2 Å². The predicted octanol–water partition coefficient (Wildman–Crippen LogP) is 9.71. The molecule has 0 bridgehead atoms. The van der Waals surface area contributed by atoms with Gasteiger partial charge in [-0.2, -0.15) is 0 Å². The van der Waals surface area contributed by atoms with Crippen molar-refractivity contribution in [1.29, 1.82) is 0 Å². The zero-order chi connectivity index (χ0) is 30.3. The molecule has 0 aliphatic heterocycles. The largest absolute Gasteiger partial charge is 0.379 e. The van der Waals surface area contributed by atoms with Crippen LogP contribution in [0.3, 0.4) is 0 Å². The fourth-order valence-electron chi connectivity index (χ4n) is 4.94. The monoisotopic (exact) mass is 603 g/mol. The smallest absolute Gasteiger partial charge is 0.0701 e. The Morgan fingerprint density at radius 2 is 0.357 bits per heavy atom. The van der Waals surface area contributed by atoms with Crippen molar-refractivity contribution in [2.24, 2.45) is 0 Å². The molecule has 0 heterocycles. The second-order valence-corrected chi connectivity index (χ2v) is 11.7. The van der Waals surface area contributed by atoms with E-state index in [9.17, 15) is 0 Å². The molecule has 0 aliphatic rings. The standard InChI is InChI=1S/C36H74O6/c1-3-5-7-9-11-12-13-14-15-16-17-18-19-20-22-24-26-38-28-30-40-32-34-42-36-35-41-33-31-39-29-27-37-25-23-21-10-8-6-4-2/h3-36H2,1-2H3. The summed E-state index contributed by atoms with van der Waals surface area (Å²) in [6.45, 7) is 12.4. The van der Waals surface area contributed by atoms with Crippen molar-refractivity contribution in [3.05, 3.63) is 0 Å². The minimum atomic E-state index is 0.584. The van der Waals surface area contributed by atoms with Crippen LogP contribution in [0.4, 0.5) is 0 Å². The lowest BCUT2D eigenvalue weighted by Crippen LogP contribution is -2.14. The first-order chi connectivity index (χ1) is 20.9. The Hall–Kier alpha value is -0.240. The van der Waals surface area contributed by atoms with Crippen LogP contribution in [0.15, 0.2) is 0 Å². The highest BCUT2D eigenvalue weighted by Gasteiger charge is 1.97. The average molecular weight is 603 g/mol. The van der Waals surface area contributed by atoms with Gasteiger partial charge in [-0.05, 0) is 12.8 Å². The van der Waals surface area contributed by atoms with Gasteiger partial charge < -0.3 is 28.4 Å². The van der Waals surface area contributed by atoms with Gasteiger partial charge in [0.05, 0.1) is 66.1 Å². The summed E-state index contributed by atoms with van der Waals surface area (Å²) in [5.74, 6) is 0. The lowest BCUT2D eigenvalue weighted by molar-refractivity contribution is -0.0169. The zero-order valence-corrected chi connectivity index (χ0v) is 28.5. The number of rotatable bonds is 39. The third kappa shape index (κ3) is 39.8. The molecule has 0 aliphatic carbocycles. The summed E-state index contributed by atoms with van der Waals surface area (Å²) in [7, 11) is 0. The van der Waals surface area contributed by atoms with Crippen molar-refractivity contribution in [2.75, 3.05) is 79.3 Å². The maximum Gasteiger partial charge on any atom is 0.0701 e. The molecule has 0 spiro atoms. The Morgan fingerprint density at radius 1 is 0.190 bits per heavy atom. The molecule has 0 aromatic carbocycles. The van der Waals surface area contributed by atoms with Crippen LogP contribution in [0, 0.1) is 0 Å². The summed E-state index contributed by atoms with van der Waals surface area (Å²) in [5, 5.41) is 0. The van der Waals surface area contributed by atoms with E-state index in [1.54, 1.807) is 0 Å². The average Bonchev–Trinajstić information content (AvgIpc) is 3.00. The predicted molar refractivity (Wildman–Crippen MR) is 178 cm³/mol. The van der Waals surface area contributed by atoms with E-state index in [0.29, 0.717) is 66.1 Å². The van der Waals surface area contributed by atoms with E-state index in [1.807, 2.05) is 0 Å². The van der Waals surface area contributed by atoms with Crippen LogP contribution < -0.4 is 0 Å². The normalized spacial score (nSPS) is 11.6. The molecule has 0 aromatic heterocycles. The minimum absolute atomic E-state index is 0.584. The Bertz CT molecular complexity index is 411. The summed E-state index contributed by atoms with van der Waals surface area (Å²) in [5.41, 5.74) is 0. The molecule has 0 atom stereocenters. The van der Waals surface area contributed by atoms with E-state index >= 15 is 0 Å². The fraction of sp³-hybridized carbons (Fsp3) is 1.00. The van der Waals surface area contributed by atoms with Crippen LogP contribution in [0.5, 0.6) is 0 Å². The highest BCUT2D eigenvalue weighted by Crippen LogP contribution is 2.13. The summed E-state index contributed by atoms with van der Waals surface area (Å²) < 4.78 is 33.5. The highest BCUT2D eigenvalue weighted by atomic mass is 16.6. The van der Waals surface area contributed by atoms with Gasteiger partial charge in [-0.25, -0.2) is 0 Å². The van der Waals surface area contributed by atoms with Crippen LogP contribution in [0.25, 0.3) is 0 Å². The van der Waals surface area contributed by atoms with Crippen molar-refractivity contribution in [2.45, 2.75) is 155 Å². The first-order valence-corrected chi connectivity index (χ1v) is 18.4. The molecule has 0 amide bonds. The number of unbranched alkanes of at least 4 members (excludes halogenated alkanes) is 20. The van der Waals surface area contributed by atoms with Gasteiger partial charge in [-0.15, -0.1) is 0 Å². The van der Waals surface area contributed by atoms with E-state index in [2.05, 4.69) is 13.8 Å². The van der Waals surface area contributed by atoms with E-state index in [4.69, 9.17) is 28.4 Å². The molecule has 42 heavy (non-hydrogen) atoms. The van der Waals surface area contributed by atoms with Crippen molar-refractivity contribution in [1.82, 2.24) is 0 Å². The lowest BCUT2D eigenvalue weighted by Gasteiger charge is -2.08. The highest BCUT2D eigenvalue weighted by molar-refractivity contribution is 4.50. The molecule has 254 valence electrons. The molecular formula is C36H74O6. The quantitative estimate of drug-likeness (QED) is 0.0653. The summed E-state index contributed by atoms with van der Waals surface area (Å²) >= 11 is 0. The molecule has 0 unspecified atom stereocenters. The molecular weight excluding hydrogens is 528 g/mol. The van der Waals surface area contributed by atoms with E-state index in [0.717, 1.165) is 19.6 Å². The molecule has 0 fully saturated rings. The summed E-state index contributed by atoms with van der Waals surface area (Å²) in [6.07, 6.45) is 30.1. The molecule has 0 N–H and O–H groups in total. The third-order valence-corrected chi connectivity index (χ3v) is 7.64. The topological polar surface area (TPSA) is 55.4 Å². The number of ether oxygens (including phenoxy) is 6. The first-order valence-electron chi connectivity index (χ1n) is 18.4. The Morgan fingerprint density at radius 3 is 0.571 bits per heavy atom. The van der Waals surface area contributed by atoms with Crippen molar-refractivity contribution in [3.8, 4) is 0 Å². The summed E-state index contributed by atoms with van der Waals surface area (Å²) in [4.78, 5) is 0. The lowest BCUT2D eigenvalue weighted by atomic mass is 10.0. The van der Waals surface area contributed by atoms with Crippen LogP contribution >= 0.6 is 0 Å². The maximum absolute atomic E-state index is 5.69. The van der Waals surface area contributed by atoms with Gasteiger partial charge in [0.2, 0.25) is 0 Å². The van der Waals surface area contributed by atoms with Gasteiger partial charge in [0.15, 0.2) is 0 Å². The van der Waals surface area contributed by atoms with Gasteiger partial charge in [0.1, 0.15) is 0 Å². The molecule has 0 rings (SSSR count). The van der Waals surface area contributed by atoms with Gasteiger partial charge >= 0.3 is 0 Å². The molecule has 0 saturated heterocycles. The molecule has 0 aromatic rings. The third-order valence-electron chi connectivity index (χ3n) is 7.64. The number of hydrogen-bond acceptors (Lipinski definition) is 6. The number of hydrogen-bond donors (Lipinski definition) is 0. The molecule has 0 radical (unpaired) electrons. The Labute approximate surface area is 262 Å². The van der Waals surface area contributed by atoms with Crippen molar-refractivity contribution in [3.63, 3.8) is 0 Å². The van der Waals surface area contributed by atoms with Gasteiger partial charge in [-0.3, -0.25) is 0 Å². The van der Waals surface area contributed by atoms with Gasteiger partial charge in [-0.1, -0.05) is 142 Å². The van der Waals surface area contributed by atoms with Crippen molar-refractivity contribution >= 4 is 0 Å². The van der Waals surface area contributed by atoms with Crippen LogP contribution in [-0.4, -0.2) is 79.3 Å². The van der Waals surface area contributed by atoms with Crippen LogP contribution in [0.1, 0.15) is 155 Å². The second kappa shape index (κ2) is 40.8. The Balaban J connectivity index is 3.02.